The lowest BCUT2D eigenvalue weighted by Gasteiger charge is -2.21. The van der Waals surface area contributed by atoms with Crippen LogP contribution < -0.4 is 5.32 Å². The summed E-state index contributed by atoms with van der Waals surface area (Å²) in [5, 5.41) is 3.21. The number of nitrogens with zero attached hydrogens (tertiary/aromatic N) is 1. The van der Waals surface area contributed by atoms with Gasteiger partial charge in [-0.2, -0.15) is 0 Å². The van der Waals surface area contributed by atoms with Crippen molar-refractivity contribution in [1.29, 1.82) is 0 Å². The summed E-state index contributed by atoms with van der Waals surface area (Å²) < 4.78 is 10.6. The largest absolute Gasteiger partial charge is 0.467 e. The molecule has 0 aliphatic rings. The molecule has 1 heterocycles. The molecule has 0 fully saturated rings. The van der Waals surface area contributed by atoms with E-state index < -0.39 is 30.5 Å². The fraction of sp³-hybridized carbons (Fsp3) is 0.368. The van der Waals surface area contributed by atoms with Gasteiger partial charge < -0.3 is 14.8 Å². The second kappa shape index (κ2) is 9.82. The molecule has 2 rings (SSSR count). The number of hydrogen-bond acceptors (Lipinski definition) is 7. The van der Waals surface area contributed by atoms with Crippen LogP contribution in [-0.2, 0) is 23.9 Å². The summed E-state index contributed by atoms with van der Waals surface area (Å²) in [7, 11) is 1.26. The quantitative estimate of drug-likeness (QED) is 0.550. The van der Waals surface area contributed by atoms with Gasteiger partial charge in [0.2, 0.25) is 0 Å². The Labute approximate surface area is 161 Å². The van der Waals surface area contributed by atoms with E-state index in [4.69, 9.17) is 9.47 Å². The van der Waals surface area contributed by atoms with Crippen LogP contribution in [0.1, 0.15) is 25.3 Å². The molecular weight excluding hydrogens is 368 g/mol. The number of aromatic nitrogens is 1. The third-order valence-electron chi connectivity index (χ3n) is 4.00. The number of benzene rings is 1. The third-order valence-corrected chi connectivity index (χ3v) is 5.00. The van der Waals surface area contributed by atoms with Gasteiger partial charge in [0.1, 0.15) is 11.0 Å². The predicted octanol–water partition coefficient (Wildman–Crippen LogP) is 2.56. The first-order valence-electron chi connectivity index (χ1n) is 8.52. The Hall–Kier alpha value is -2.74. The number of nitrogens with one attached hydrogen (secondary N) is 1. The average molecular weight is 390 g/mol. The van der Waals surface area contributed by atoms with Crippen LogP contribution in [0.15, 0.2) is 30.3 Å². The normalized spacial score (nSPS) is 13.3. The van der Waals surface area contributed by atoms with Crippen LogP contribution in [-0.4, -0.2) is 42.6 Å². The molecule has 1 amide bonds. The Balaban J connectivity index is 1.86. The first kappa shape index (κ1) is 20.6. The van der Waals surface area contributed by atoms with Crippen molar-refractivity contribution in [2.45, 2.75) is 26.3 Å². The number of hydrogen-bond donors (Lipinski definition) is 1. The second-order valence-electron chi connectivity index (χ2n) is 5.91. The van der Waals surface area contributed by atoms with Gasteiger partial charge in [-0.3, -0.25) is 4.79 Å². The van der Waals surface area contributed by atoms with Crippen molar-refractivity contribution < 1.29 is 23.9 Å². The molecule has 8 heteroatoms. The first-order chi connectivity index (χ1) is 12.9. The van der Waals surface area contributed by atoms with Crippen LogP contribution in [0.2, 0.25) is 0 Å². The summed E-state index contributed by atoms with van der Waals surface area (Å²) in [4.78, 5) is 39.9. The fourth-order valence-electron chi connectivity index (χ4n) is 2.30. The van der Waals surface area contributed by atoms with Crippen LogP contribution in [0.25, 0.3) is 16.3 Å². The van der Waals surface area contributed by atoms with Crippen LogP contribution in [0, 0.1) is 5.92 Å². The minimum absolute atomic E-state index is 0.101. The Morgan fingerprint density at radius 1 is 1.30 bits per heavy atom. The zero-order valence-corrected chi connectivity index (χ0v) is 16.2. The van der Waals surface area contributed by atoms with Gasteiger partial charge in [0, 0.05) is 6.08 Å². The van der Waals surface area contributed by atoms with Crippen LogP contribution in [0.3, 0.4) is 0 Å². The topological polar surface area (TPSA) is 94.6 Å². The zero-order chi connectivity index (χ0) is 19.8. The summed E-state index contributed by atoms with van der Waals surface area (Å²) in [5.41, 5.74) is 0.855. The molecule has 7 nitrogen and oxygen atoms in total. The second-order valence-corrected chi connectivity index (χ2v) is 6.98. The highest BCUT2D eigenvalue weighted by molar-refractivity contribution is 7.19. The van der Waals surface area contributed by atoms with Crippen molar-refractivity contribution in [3.63, 3.8) is 0 Å². The summed E-state index contributed by atoms with van der Waals surface area (Å²) in [6.45, 7) is 3.25. The molecule has 0 saturated carbocycles. The van der Waals surface area contributed by atoms with E-state index in [9.17, 15) is 14.4 Å². The molecule has 0 aliphatic carbocycles. The number of carbonyl (C=O) groups excluding carboxylic acids is 3. The predicted molar refractivity (Wildman–Crippen MR) is 103 cm³/mol. The number of ether oxygens (including phenoxy) is 2. The minimum atomic E-state index is -0.774. The Bertz CT molecular complexity index is 812. The van der Waals surface area contributed by atoms with Gasteiger partial charge in [0.15, 0.2) is 6.61 Å². The number of rotatable bonds is 8. The van der Waals surface area contributed by atoms with Crippen molar-refractivity contribution in [2.75, 3.05) is 13.7 Å². The molecule has 0 spiro atoms. The highest BCUT2D eigenvalue weighted by Gasteiger charge is 2.26. The van der Waals surface area contributed by atoms with Crippen molar-refractivity contribution in [3.05, 3.63) is 35.3 Å². The maximum atomic E-state index is 12.0. The molecule has 144 valence electrons. The maximum absolute atomic E-state index is 12.0. The van der Waals surface area contributed by atoms with Gasteiger partial charge >= 0.3 is 11.9 Å². The summed E-state index contributed by atoms with van der Waals surface area (Å²) in [5.74, 6) is -1.86. The van der Waals surface area contributed by atoms with E-state index in [0.717, 1.165) is 10.2 Å². The van der Waals surface area contributed by atoms with Crippen LogP contribution >= 0.6 is 11.3 Å². The molecule has 27 heavy (non-hydrogen) atoms. The van der Waals surface area contributed by atoms with Gasteiger partial charge in [0.05, 0.1) is 17.3 Å². The highest BCUT2D eigenvalue weighted by Crippen LogP contribution is 2.22. The van der Waals surface area contributed by atoms with Gasteiger partial charge in [-0.25, -0.2) is 14.6 Å². The van der Waals surface area contributed by atoms with E-state index in [-0.39, 0.29) is 5.92 Å². The number of amides is 1. The van der Waals surface area contributed by atoms with Gasteiger partial charge in [0.25, 0.3) is 5.91 Å². The molecular formula is C19H22N2O5S. The Morgan fingerprint density at radius 2 is 2.04 bits per heavy atom. The molecule has 2 atom stereocenters. The molecule has 1 N–H and O–H groups in total. The summed E-state index contributed by atoms with van der Waals surface area (Å²) in [6, 6.07) is 6.87. The molecule has 1 aromatic carbocycles. The third kappa shape index (κ3) is 5.89. The van der Waals surface area contributed by atoms with E-state index in [1.807, 2.05) is 38.1 Å². The number of fused-ring (bicyclic) bond motifs is 1. The van der Waals surface area contributed by atoms with Crippen molar-refractivity contribution >= 4 is 45.5 Å². The van der Waals surface area contributed by atoms with Gasteiger partial charge in [-0.05, 0) is 24.1 Å². The Kier molecular flexibility index (Phi) is 7.48. The van der Waals surface area contributed by atoms with E-state index in [2.05, 4.69) is 10.3 Å². The average Bonchev–Trinajstić information content (AvgIpc) is 3.10. The summed E-state index contributed by atoms with van der Waals surface area (Å²) in [6.07, 6.45) is 3.45. The van der Waals surface area contributed by atoms with Gasteiger partial charge in [-0.1, -0.05) is 32.4 Å². The monoisotopic (exact) mass is 390 g/mol. The lowest BCUT2D eigenvalue weighted by atomic mass is 9.99. The SMILES string of the molecule is CC[C@H](C)[C@H](NC(=O)COC(=O)/C=C/c1nc2ccccc2s1)C(=O)OC. The number of para-hydroxylation sites is 1. The maximum Gasteiger partial charge on any atom is 0.331 e. The summed E-state index contributed by atoms with van der Waals surface area (Å²) >= 11 is 1.45. The van der Waals surface area contributed by atoms with E-state index in [1.54, 1.807) is 6.08 Å². The fourth-order valence-corrected chi connectivity index (χ4v) is 3.17. The van der Waals surface area contributed by atoms with Gasteiger partial charge in [-0.15, -0.1) is 11.3 Å². The molecule has 0 aliphatic heterocycles. The van der Waals surface area contributed by atoms with Crippen LogP contribution in [0.5, 0.6) is 0 Å². The van der Waals surface area contributed by atoms with Crippen LogP contribution in [0.4, 0.5) is 0 Å². The standard InChI is InChI=1S/C19H22N2O5S/c1-4-12(2)18(19(24)25-3)21-15(22)11-26-17(23)10-9-16-20-13-7-5-6-8-14(13)27-16/h5-10,12,18H,4,11H2,1-3H3,(H,21,22)/b10-9+/t12-,18-/m0/s1. The van der Waals surface area contributed by atoms with Crippen molar-refractivity contribution in [2.24, 2.45) is 5.92 Å². The molecule has 0 saturated heterocycles. The molecule has 0 unspecified atom stereocenters. The number of esters is 2. The van der Waals surface area contributed by atoms with E-state index in [1.165, 1.54) is 24.5 Å². The lowest BCUT2D eigenvalue weighted by molar-refractivity contribution is -0.148. The molecule has 1 aromatic heterocycles. The number of thiazole rings is 1. The molecule has 0 bridgehead atoms. The minimum Gasteiger partial charge on any atom is -0.467 e. The number of methoxy groups -OCH3 is 1. The molecule has 2 aromatic rings. The van der Waals surface area contributed by atoms with Crippen molar-refractivity contribution in [3.8, 4) is 0 Å². The van der Waals surface area contributed by atoms with E-state index >= 15 is 0 Å². The highest BCUT2D eigenvalue weighted by atomic mass is 32.1. The smallest absolute Gasteiger partial charge is 0.331 e. The van der Waals surface area contributed by atoms with E-state index in [0.29, 0.717) is 11.4 Å². The van der Waals surface area contributed by atoms with Crippen molar-refractivity contribution in [1.82, 2.24) is 10.3 Å². The lowest BCUT2D eigenvalue weighted by Crippen LogP contribution is -2.47. The first-order valence-corrected chi connectivity index (χ1v) is 9.33. The number of carbonyl (C=O) groups is 3. The zero-order valence-electron chi connectivity index (χ0n) is 15.4. The molecule has 0 radical (unpaired) electrons. The Morgan fingerprint density at radius 3 is 2.70 bits per heavy atom.